The van der Waals surface area contributed by atoms with E-state index in [4.69, 9.17) is 0 Å². The summed E-state index contributed by atoms with van der Waals surface area (Å²) < 4.78 is 25.1. The van der Waals surface area contributed by atoms with Crippen LogP contribution in [0.5, 0.6) is 0 Å². The van der Waals surface area contributed by atoms with Gasteiger partial charge in [0.15, 0.2) is 0 Å². The molecule has 0 saturated carbocycles. The molecule has 0 aromatic carbocycles. The highest BCUT2D eigenvalue weighted by Crippen LogP contribution is 1.83. The smallest absolute Gasteiger partial charge is 0.210 e. The molecule has 46 valence electrons. The van der Waals surface area contributed by atoms with Gasteiger partial charge in [-0.3, -0.25) is 0 Å². The van der Waals surface area contributed by atoms with E-state index in [1.165, 1.54) is 0 Å². The molecule has 0 aliphatic rings. The maximum absolute atomic E-state index is 9.82. The van der Waals surface area contributed by atoms with Crippen molar-refractivity contribution >= 4 is 16.4 Å². The van der Waals surface area contributed by atoms with Crippen molar-refractivity contribution in [3.63, 3.8) is 0 Å². The van der Waals surface area contributed by atoms with E-state index in [1.807, 2.05) is 0 Å². The maximum atomic E-state index is 9.82. The van der Waals surface area contributed by atoms with Crippen LogP contribution >= 0.6 is 0 Å². The number of hydrogen-bond acceptors (Lipinski definition) is 5. The van der Waals surface area contributed by atoms with E-state index in [-0.39, 0.29) is 0 Å². The van der Waals surface area contributed by atoms with Gasteiger partial charge in [-0.2, -0.15) is 18.6 Å². The summed E-state index contributed by atoms with van der Waals surface area (Å²) in [5.41, 5.74) is 0. The molecule has 0 atom stereocenters. The topological polar surface area (TPSA) is 98.8 Å². The van der Waals surface area contributed by atoms with Crippen molar-refractivity contribution in [3.8, 4) is 0 Å². The van der Waals surface area contributed by atoms with Crippen LogP contribution in [0.15, 0.2) is 4.40 Å². The van der Waals surface area contributed by atoms with Crippen molar-refractivity contribution in [2.45, 2.75) is 0 Å². The Morgan fingerprint density at radius 2 is 2.12 bits per heavy atom. The van der Waals surface area contributed by atoms with Gasteiger partial charge < -0.3 is 0 Å². The van der Waals surface area contributed by atoms with E-state index in [0.29, 0.717) is 0 Å². The highest BCUT2D eigenvalue weighted by atomic mass is 32.2. The molecule has 7 heteroatoms. The number of isocyanates is 1. The van der Waals surface area contributed by atoms with Gasteiger partial charge in [-0.15, -0.1) is 0 Å². The minimum Gasteiger partial charge on any atom is -0.210 e. The maximum Gasteiger partial charge on any atom is 0.407 e. The van der Waals surface area contributed by atoms with Crippen molar-refractivity contribution in [2.75, 3.05) is 0 Å². The summed E-state index contributed by atoms with van der Waals surface area (Å²) in [7, 11) is -4.19. The van der Waals surface area contributed by atoms with Gasteiger partial charge in [0.2, 0.25) is 0 Å². The first-order valence-corrected chi connectivity index (χ1v) is 2.71. The second-order valence-corrected chi connectivity index (χ2v) is 1.94. The largest absolute Gasteiger partial charge is 0.407 e. The monoisotopic (exact) mass is 138 g/mol. The Bertz CT molecular complexity index is 198. The van der Waals surface area contributed by atoms with Gasteiger partial charge in [0.1, 0.15) is 0 Å². The Labute approximate surface area is 45.2 Å². The van der Waals surface area contributed by atoms with E-state index in [9.17, 15) is 13.2 Å². The molecule has 8 heavy (non-hydrogen) atoms. The summed E-state index contributed by atoms with van der Waals surface area (Å²) in [6.45, 7) is 0. The minimum absolute atomic E-state index is 0.741. The normalized spacial score (nSPS) is 10.1. The molecular weight excluding hydrogens is 136 g/mol. The predicted octanol–water partition coefficient (Wildman–Crippen LogP) is -1.54. The van der Waals surface area contributed by atoms with Gasteiger partial charge in [0, 0.05) is 0 Å². The minimum atomic E-state index is -4.19. The molecule has 2 N–H and O–H groups in total. The first kappa shape index (κ1) is 7.25. The van der Waals surface area contributed by atoms with Crippen LogP contribution < -0.4 is 5.90 Å². The fraction of sp³-hybridized carbons (Fsp3) is 0. The molecule has 0 radical (unpaired) electrons. The Morgan fingerprint density at radius 3 is 2.25 bits per heavy atom. The molecule has 0 aromatic rings. The molecule has 0 unspecified atom stereocenters. The first-order chi connectivity index (χ1) is 3.62. The van der Waals surface area contributed by atoms with Gasteiger partial charge in [-0.25, -0.2) is 4.79 Å². The average molecular weight is 138 g/mol. The molecule has 0 rings (SSSR count). The first-order valence-electron chi connectivity index (χ1n) is 1.35. The quantitative estimate of drug-likeness (QED) is 0.283. The molecule has 0 aliphatic carbocycles. The van der Waals surface area contributed by atoms with Gasteiger partial charge >= 0.3 is 10.3 Å². The predicted molar refractivity (Wildman–Crippen MR) is 22.3 cm³/mol. The second-order valence-electron chi connectivity index (χ2n) is 0.707. The number of nitrogens with two attached hydrogens (primary N) is 1. The third-order valence-corrected chi connectivity index (χ3v) is 0.812. The van der Waals surface area contributed by atoms with Crippen LogP contribution in [-0.4, -0.2) is 14.5 Å². The van der Waals surface area contributed by atoms with Crippen molar-refractivity contribution in [1.29, 1.82) is 0 Å². The van der Waals surface area contributed by atoms with E-state index in [1.54, 1.807) is 0 Å². The van der Waals surface area contributed by atoms with Crippen molar-refractivity contribution in [2.24, 2.45) is 10.3 Å². The number of rotatable bonds is 2. The lowest BCUT2D eigenvalue weighted by Crippen LogP contribution is -2.06. The van der Waals surface area contributed by atoms with Crippen LogP contribution in [0.25, 0.3) is 0 Å². The fourth-order valence-corrected chi connectivity index (χ4v) is 0.201. The molecule has 0 aromatic heterocycles. The second kappa shape index (κ2) is 2.53. The molecule has 0 aliphatic heterocycles. The van der Waals surface area contributed by atoms with Crippen LogP contribution in [0.3, 0.4) is 0 Å². The van der Waals surface area contributed by atoms with E-state index < -0.39 is 10.3 Å². The fourth-order valence-electron chi connectivity index (χ4n) is 0.0672. The number of nitrogens with zero attached hydrogens (tertiary/aromatic N) is 1. The Hall–Kier alpha value is -0.750. The standard InChI is InChI=1S/CH2N2O4S/c2-7-8(5,6)3-1-4/h2H2. The summed E-state index contributed by atoms with van der Waals surface area (Å²) in [6, 6.07) is 0. The molecule has 0 heterocycles. The van der Waals surface area contributed by atoms with Crippen LogP contribution in [0.1, 0.15) is 0 Å². The van der Waals surface area contributed by atoms with E-state index >= 15 is 0 Å². The highest BCUT2D eigenvalue weighted by molar-refractivity contribution is 7.85. The number of hydrogen-bond donors (Lipinski definition) is 1. The van der Waals surface area contributed by atoms with Gasteiger partial charge in [0.05, 0.1) is 0 Å². The zero-order chi connectivity index (χ0) is 6.62. The van der Waals surface area contributed by atoms with Crippen LogP contribution in [0.4, 0.5) is 0 Å². The third-order valence-electron chi connectivity index (χ3n) is 0.271. The molecule has 0 saturated heterocycles. The molecule has 6 nitrogen and oxygen atoms in total. The van der Waals surface area contributed by atoms with E-state index in [0.717, 1.165) is 6.08 Å². The van der Waals surface area contributed by atoms with Crippen molar-refractivity contribution in [1.82, 2.24) is 0 Å². The lowest BCUT2D eigenvalue weighted by Gasteiger charge is -1.82. The highest BCUT2D eigenvalue weighted by Gasteiger charge is 2.02. The number of carbonyl (C=O) groups excluding carboxylic acids is 1. The SMILES string of the molecule is NOS(=O)(=O)N=C=O. The molecule has 0 amide bonds. The Morgan fingerprint density at radius 1 is 1.62 bits per heavy atom. The van der Waals surface area contributed by atoms with Gasteiger partial charge in [-0.05, 0) is 0 Å². The van der Waals surface area contributed by atoms with Gasteiger partial charge in [0.25, 0.3) is 6.08 Å². The molecule has 0 bridgehead atoms. The average Bonchev–Trinajstić information content (AvgIpc) is 1.67. The van der Waals surface area contributed by atoms with Crippen LogP contribution in [0.2, 0.25) is 0 Å². The Balaban J connectivity index is 4.41. The Kier molecular flexibility index (Phi) is 2.29. The van der Waals surface area contributed by atoms with Gasteiger partial charge in [-0.1, -0.05) is 4.40 Å². The summed E-state index contributed by atoms with van der Waals surface area (Å²) in [4.78, 5) is 9.17. The third kappa shape index (κ3) is 2.43. The summed E-state index contributed by atoms with van der Waals surface area (Å²) in [5.74, 6) is 4.13. The summed E-state index contributed by atoms with van der Waals surface area (Å²) in [5, 5.41) is 0. The van der Waals surface area contributed by atoms with Crippen LogP contribution in [0, 0.1) is 0 Å². The zero-order valence-electron chi connectivity index (χ0n) is 3.57. The van der Waals surface area contributed by atoms with Crippen molar-refractivity contribution < 1.29 is 17.5 Å². The lowest BCUT2D eigenvalue weighted by molar-refractivity contribution is 0.334. The molecule has 0 spiro atoms. The van der Waals surface area contributed by atoms with Crippen LogP contribution in [-0.2, 0) is 19.4 Å². The summed E-state index contributed by atoms with van der Waals surface area (Å²) in [6.07, 6.45) is 0.741. The summed E-state index contributed by atoms with van der Waals surface area (Å²) >= 11 is 0. The zero-order valence-corrected chi connectivity index (χ0v) is 4.38. The molecule has 0 fully saturated rings. The molecular formula is CH2N2O4S. The van der Waals surface area contributed by atoms with Crippen molar-refractivity contribution in [3.05, 3.63) is 0 Å². The lowest BCUT2D eigenvalue weighted by atomic mass is 11.7. The van der Waals surface area contributed by atoms with E-state index in [2.05, 4.69) is 14.6 Å².